The van der Waals surface area contributed by atoms with Crippen LogP contribution in [0.5, 0.6) is 5.75 Å². The highest BCUT2D eigenvalue weighted by Crippen LogP contribution is 2.23. The molecule has 1 amide bonds. The molecule has 0 aromatic heterocycles. The third-order valence-corrected chi connectivity index (χ3v) is 3.62. The summed E-state index contributed by atoms with van der Waals surface area (Å²) in [5.74, 6) is -0.428. The molecule has 0 N–H and O–H groups in total. The lowest BCUT2D eigenvalue weighted by molar-refractivity contribution is -0.0502. The van der Waals surface area contributed by atoms with E-state index in [4.69, 9.17) is 0 Å². The summed E-state index contributed by atoms with van der Waals surface area (Å²) in [6.45, 7) is 1.76. The van der Waals surface area contributed by atoms with Gasteiger partial charge in [-0.3, -0.25) is 4.79 Å². The molecule has 2 aromatic rings. The molecule has 23 heavy (non-hydrogen) atoms. The number of benzene rings is 2. The number of aryl methyl sites for hydroxylation is 1. The number of carbonyl (C=O) groups excluding carboxylic acids is 1. The van der Waals surface area contributed by atoms with Gasteiger partial charge in [0, 0.05) is 13.1 Å². The number of rotatable bonds is 6. The second-order valence-corrected chi connectivity index (χ2v) is 5.12. The van der Waals surface area contributed by atoms with Crippen LogP contribution in [0, 0.1) is 6.92 Å². The Morgan fingerprint density at radius 1 is 1.13 bits per heavy atom. The van der Waals surface area contributed by atoms with Gasteiger partial charge in [-0.15, -0.1) is 0 Å². The fraction of sp³-hybridized carbons (Fsp3) is 0.278. The van der Waals surface area contributed by atoms with Gasteiger partial charge >= 0.3 is 6.61 Å². The van der Waals surface area contributed by atoms with Crippen LogP contribution in [0.4, 0.5) is 8.78 Å². The van der Waals surface area contributed by atoms with Gasteiger partial charge in [0.05, 0.1) is 5.56 Å². The van der Waals surface area contributed by atoms with Crippen LogP contribution < -0.4 is 4.74 Å². The van der Waals surface area contributed by atoms with Crippen LogP contribution in [0.2, 0.25) is 0 Å². The van der Waals surface area contributed by atoms with Crippen molar-refractivity contribution < 1.29 is 18.3 Å². The third kappa shape index (κ3) is 4.28. The highest BCUT2D eigenvalue weighted by atomic mass is 19.3. The molecule has 0 unspecified atom stereocenters. The zero-order chi connectivity index (χ0) is 16.8. The van der Waals surface area contributed by atoms with Gasteiger partial charge in [-0.2, -0.15) is 8.78 Å². The lowest BCUT2D eigenvalue weighted by Gasteiger charge is -2.23. The Kier molecular flexibility index (Phi) is 5.68. The highest BCUT2D eigenvalue weighted by molar-refractivity contribution is 5.96. The van der Waals surface area contributed by atoms with E-state index in [1.807, 2.05) is 38.1 Å². The van der Waals surface area contributed by atoms with E-state index in [0.717, 1.165) is 11.1 Å². The first-order valence-corrected chi connectivity index (χ1v) is 7.40. The van der Waals surface area contributed by atoms with Gasteiger partial charge in [-0.1, -0.05) is 36.4 Å². The van der Waals surface area contributed by atoms with Crippen molar-refractivity contribution in [2.75, 3.05) is 6.54 Å². The first-order chi connectivity index (χ1) is 11.0. The smallest absolute Gasteiger partial charge is 0.387 e. The van der Waals surface area contributed by atoms with Crippen molar-refractivity contribution in [3.05, 3.63) is 65.2 Å². The number of hydrogen-bond donors (Lipinski definition) is 0. The van der Waals surface area contributed by atoms with Crippen LogP contribution in [0.15, 0.2) is 48.5 Å². The Morgan fingerprint density at radius 3 is 2.43 bits per heavy atom. The predicted molar refractivity (Wildman–Crippen MR) is 84.7 cm³/mol. The summed E-state index contributed by atoms with van der Waals surface area (Å²) >= 11 is 0. The van der Waals surface area contributed by atoms with Gasteiger partial charge in [0.2, 0.25) is 0 Å². The van der Waals surface area contributed by atoms with E-state index < -0.39 is 6.61 Å². The maximum Gasteiger partial charge on any atom is 0.387 e. The summed E-state index contributed by atoms with van der Waals surface area (Å²) in [5.41, 5.74) is 2.24. The average Bonchev–Trinajstić information content (AvgIpc) is 2.53. The monoisotopic (exact) mass is 319 g/mol. The summed E-state index contributed by atoms with van der Waals surface area (Å²) in [6.07, 6.45) is 0. The standard InChI is InChI=1S/C18H19F2NO2/c1-3-21(12-14-9-5-4-8-13(14)2)17(22)15-10-6-7-11-16(15)23-18(19)20/h4-11,18H,3,12H2,1-2H3. The van der Waals surface area contributed by atoms with Crippen molar-refractivity contribution in [3.8, 4) is 5.75 Å². The molecule has 0 heterocycles. The first kappa shape index (κ1) is 16.9. The minimum absolute atomic E-state index is 0.101. The summed E-state index contributed by atoms with van der Waals surface area (Å²) in [4.78, 5) is 14.3. The second-order valence-electron chi connectivity index (χ2n) is 5.12. The summed E-state index contributed by atoms with van der Waals surface area (Å²) in [5, 5.41) is 0. The molecule has 0 fully saturated rings. The fourth-order valence-electron chi connectivity index (χ4n) is 2.33. The van der Waals surface area contributed by atoms with Crippen LogP contribution in [0.1, 0.15) is 28.4 Å². The summed E-state index contributed by atoms with van der Waals surface area (Å²) < 4.78 is 29.5. The molecular formula is C18H19F2NO2. The molecule has 2 rings (SSSR count). The lowest BCUT2D eigenvalue weighted by atomic mass is 10.1. The van der Waals surface area contributed by atoms with Crippen LogP contribution in [-0.4, -0.2) is 24.0 Å². The Morgan fingerprint density at radius 2 is 1.78 bits per heavy atom. The minimum atomic E-state index is -2.96. The van der Waals surface area contributed by atoms with Crippen molar-refractivity contribution in [1.29, 1.82) is 0 Å². The van der Waals surface area contributed by atoms with Crippen molar-refractivity contribution in [2.45, 2.75) is 27.0 Å². The third-order valence-electron chi connectivity index (χ3n) is 3.62. The van der Waals surface area contributed by atoms with E-state index in [-0.39, 0.29) is 17.2 Å². The molecule has 0 aliphatic heterocycles. The first-order valence-electron chi connectivity index (χ1n) is 7.40. The second kappa shape index (κ2) is 7.72. The zero-order valence-corrected chi connectivity index (χ0v) is 13.1. The maximum absolute atomic E-state index is 12.7. The molecule has 0 aliphatic rings. The molecule has 0 aliphatic carbocycles. The Balaban J connectivity index is 2.25. The molecule has 0 spiro atoms. The normalized spacial score (nSPS) is 10.7. The molecule has 2 aromatic carbocycles. The lowest BCUT2D eigenvalue weighted by Crippen LogP contribution is -2.31. The molecule has 5 heteroatoms. The fourth-order valence-corrected chi connectivity index (χ4v) is 2.33. The zero-order valence-electron chi connectivity index (χ0n) is 13.1. The van der Waals surface area contributed by atoms with Crippen LogP contribution in [-0.2, 0) is 6.54 Å². The minimum Gasteiger partial charge on any atom is -0.434 e. The Hall–Kier alpha value is -2.43. The number of carbonyl (C=O) groups is 1. The molecule has 0 saturated heterocycles. The largest absolute Gasteiger partial charge is 0.434 e. The van der Waals surface area contributed by atoms with Gasteiger partial charge in [-0.05, 0) is 37.1 Å². The maximum atomic E-state index is 12.7. The Bertz CT molecular complexity index is 674. The van der Waals surface area contributed by atoms with E-state index in [1.165, 1.54) is 12.1 Å². The molecule has 0 atom stereocenters. The van der Waals surface area contributed by atoms with Crippen molar-refractivity contribution in [2.24, 2.45) is 0 Å². The number of hydrogen-bond acceptors (Lipinski definition) is 2. The average molecular weight is 319 g/mol. The quantitative estimate of drug-likeness (QED) is 0.796. The molecule has 3 nitrogen and oxygen atoms in total. The van der Waals surface area contributed by atoms with Gasteiger partial charge in [0.15, 0.2) is 0 Å². The van der Waals surface area contributed by atoms with Gasteiger partial charge in [-0.25, -0.2) is 0 Å². The topological polar surface area (TPSA) is 29.5 Å². The molecule has 0 saturated carbocycles. The molecule has 0 radical (unpaired) electrons. The molecular weight excluding hydrogens is 300 g/mol. The van der Waals surface area contributed by atoms with Gasteiger partial charge in [0.1, 0.15) is 5.75 Å². The molecule has 0 bridgehead atoms. The highest BCUT2D eigenvalue weighted by Gasteiger charge is 2.20. The van der Waals surface area contributed by atoms with Crippen LogP contribution in [0.25, 0.3) is 0 Å². The van der Waals surface area contributed by atoms with Crippen molar-refractivity contribution in [3.63, 3.8) is 0 Å². The Labute approximate surface area is 134 Å². The van der Waals surface area contributed by atoms with E-state index in [0.29, 0.717) is 13.1 Å². The number of nitrogens with zero attached hydrogens (tertiary/aromatic N) is 1. The van der Waals surface area contributed by atoms with Crippen LogP contribution >= 0.6 is 0 Å². The number of amides is 1. The van der Waals surface area contributed by atoms with E-state index in [9.17, 15) is 13.6 Å². The van der Waals surface area contributed by atoms with E-state index >= 15 is 0 Å². The SMILES string of the molecule is CCN(Cc1ccccc1C)C(=O)c1ccccc1OC(F)F. The summed E-state index contributed by atoms with van der Waals surface area (Å²) in [6, 6.07) is 13.8. The van der Waals surface area contributed by atoms with Crippen LogP contribution in [0.3, 0.4) is 0 Å². The number of ether oxygens (including phenoxy) is 1. The van der Waals surface area contributed by atoms with Crippen molar-refractivity contribution >= 4 is 5.91 Å². The van der Waals surface area contributed by atoms with Gasteiger partial charge < -0.3 is 9.64 Å². The number of para-hydroxylation sites is 1. The number of halogens is 2. The predicted octanol–water partition coefficient (Wildman–Crippen LogP) is 4.26. The van der Waals surface area contributed by atoms with Gasteiger partial charge in [0.25, 0.3) is 5.91 Å². The summed E-state index contributed by atoms with van der Waals surface area (Å²) in [7, 11) is 0. The number of alkyl halides is 2. The van der Waals surface area contributed by atoms with Crippen molar-refractivity contribution in [1.82, 2.24) is 4.90 Å². The van der Waals surface area contributed by atoms with E-state index in [2.05, 4.69) is 4.74 Å². The van der Waals surface area contributed by atoms with E-state index in [1.54, 1.807) is 17.0 Å². The molecule has 122 valence electrons.